The number of likely N-dealkylation sites (tertiary alicyclic amines) is 1. The van der Waals surface area contributed by atoms with E-state index in [2.05, 4.69) is 4.90 Å². The summed E-state index contributed by atoms with van der Waals surface area (Å²) in [6.07, 6.45) is 1.44. The molecule has 0 aliphatic carbocycles. The number of nitrogens with zero attached hydrogens (tertiary/aromatic N) is 3. The Kier molecular flexibility index (Phi) is 6.12. The van der Waals surface area contributed by atoms with Crippen LogP contribution >= 0.6 is 11.8 Å². The average molecular weight is 480 g/mol. The second-order valence-corrected chi connectivity index (χ2v) is 10.2. The second-order valence-electron chi connectivity index (χ2n) is 9.03. The van der Waals surface area contributed by atoms with Crippen LogP contribution in [-0.4, -0.2) is 54.8 Å². The molecule has 0 bridgehead atoms. The van der Waals surface area contributed by atoms with Gasteiger partial charge in [0.2, 0.25) is 10.8 Å². The number of hydrogen-bond acceptors (Lipinski definition) is 6. The second kappa shape index (κ2) is 9.07. The minimum absolute atomic E-state index is 0.0610. The highest BCUT2D eigenvalue weighted by Gasteiger charge is 2.61. The average Bonchev–Trinajstić information content (AvgIpc) is 3.31. The van der Waals surface area contributed by atoms with Gasteiger partial charge in [-0.1, -0.05) is 35.9 Å². The fraction of sp³-hybridized carbons (Fsp3) is 0.423. The molecule has 3 heterocycles. The number of aryl methyl sites for hydroxylation is 1. The molecule has 2 fully saturated rings. The van der Waals surface area contributed by atoms with Crippen molar-refractivity contribution in [3.05, 3.63) is 59.7 Å². The number of amides is 2. The number of piperidine rings is 1. The molecule has 178 valence electrons. The topological polar surface area (TPSA) is 70.2 Å². The van der Waals surface area contributed by atoms with Crippen LogP contribution in [0.1, 0.15) is 30.9 Å². The predicted molar refractivity (Wildman–Crippen MR) is 133 cm³/mol. The molecule has 2 aromatic rings. The lowest BCUT2D eigenvalue weighted by molar-refractivity contribution is -0.149. The summed E-state index contributed by atoms with van der Waals surface area (Å²) >= 11 is 1.40. The molecule has 1 atom stereocenters. The van der Waals surface area contributed by atoms with E-state index in [1.54, 1.807) is 4.90 Å². The van der Waals surface area contributed by atoms with Gasteiger partial charge in [0, 0.05) is 24.3 Å². The number of rotatable bonds is 5. The van der Waals surface area contributed by atoms with Crippen molar-refractivity contribution in [2.45, 2.75) is 31.6 Å². The van der Waals surface area contributed by atoms with Gasteiger partial charge in [0.1, 0.15) is 0 Å². The van der Waals surface area contributed by atoms with Crippen molar-refractivity contribution in [3.63, 3.8) is 0 Å². The zero-order valence-corrected chi connectivity index (χ0v) is 20.3. The van der Waals surface area contributed by atoms with E-state index in [1.807, 2.05) is 67.3 Å². The van der Waals surface area contributed by atoms with Gasteiger partial charge in [-0.25, -0.2) is 0 Å². The van der Waals surface area contributed by atoms with Crippen LogP contribution in [0.5, 0.6) is 0 Å². The van der Waals surface area contributed by atoms with Crippen molar-refractivity contribution in [2.24, 2.45) is 5.92 Å². The number of thioether (sulfide) groups is 1. The van der Waals surface area contributed by atoms with Crippen LogP contribution in [0.15, 0.2) is 48.5 Å². The zero-order valence-electron chi connectivity index (χ0n) is 19.5. The fourth-order valence-corrected chi connectivity index (χ4v) is 6.52. The summed E-state index contributed by atoms with van der Waals surface area (Å²) in [6.45, 7) is 6.10. The number of esters is 1. The molecule has 0 saturated carbocycles. The minimum atomic E-state index is -1.09. The van der Waals surface area contributed by atoms with Gasteiger partial charge in [0.25, 0.3) is 5.91 Å². The molecular weight excluding hydrogens is 450 g/mol. The Bertz CT molecular complexity index is 1110. The standard InChI is InChI=1S/C26H29N3O4S/c1-3-33-24(31)19-12-14-27(15-13-19)17-28-22-7-5-4-6-21(22)26(25(28)32)29(23(30)16-34-26)20-10-8-18(2)9-11-20/h4-11,19H,3,12-17H2,1-2H3. The predicted octanol–water partition coefficient (Wildman–Crippen LogP) is 3.51. The summed E-state index contributed by atoms with van der Waals surface area (Å²) in [6, 6.07) is 15.6. The van der Waals surface area contributed by atoms with E-state index >= 15 is 0 Å². The quantitative estimate of drug-likeness (QED) is 0.612. The third-order valence-electron chi connectivity index (χ3n) is 6.90. The molecule has 2 saturated heterocycles. The van der Waals surface area contributed by atoms with Gasteiger partial charge < -0.3 is 4.74 Å². The first kappa shape index (κ1) is 22.9. The number of carbonyl (C=O) groups is 3. The normalized spacial score (nSPS) is 23.1. The highest BCUT2D eigenvalue weighted by atomic mass is 32.2. The number of carbonyl (C=O) groups excluding carboxylic acids is 3. The van der Waals surface area contributed by atoms with Crippen molar-refractivity contribution in [2.75, 3.05) is 41.9 Å². The van der Waals surface area contributed by atoms with Gasteiger partial charge in [-0.2, -0.15) is 0 Å². The fourth-order valence-electron chi connectivity index (χ4n) is 5.16. The smallest absolute Gasteiger partial charge is 0.309 e. The summed E-state index contributed by atoms with van der Waals surface area (Å²) in [5.41, 5.74) is 3.54. The van der Waals surface area contributed by atoms with Gasteiger partial charge >= 0.3 is 5.97 Å². The van der Waals surface area contributed by atoms with Crippen molar-refractivity contribution in [1.29, 1.82) is 0 Å². The van der Waals surface area contributed by atoms with Crippen LogP contribution in [0.4, 0.5) is 11.4 Å². The molecule has 3 aliphatic heterocycles. The lowest BCUT2D eigenvalue weighted by Crippen LogP contribution is -2.52. The first-order chi connectivity index (χ1) is 16.5. The molecule has 5 rings (SSSR count). The number of hydrogen-bond donors (Lipinski definition) is 0. The first-order valence-electron chi connectivity index (χ1n) is 11.8. The molecule has 1 spiro atoms. The van der Waals surface area contributed by atoms with Crippen molar-refractivity contribution in [1.82, 2.24) is 4.90 Å². The van der Waals surface area contributed by atoms with Crippen LogP contribution in [0.3, 0.4) is 0 Å². The Morgan fingerprint density at radius 1 is 1.09 bits per heavy atom. The van der Waals surface area contributed by atoms with E-state index in [-0.39, 0.29) is 29.5 Å². The van der Waals surface area contributed by atoms with E-state index in [1.165, 1.54) is 11.8 Å². The third-order valence-corrected chi connectivity index (χ3v) is 8.29. The number of fused-ring (bicyclic) bond motifs is 2. The molecule has 2 aromatic carbocycles. The molecule has 34 heavy (non-hydrogen) atoms. The minimum Gasteiger partial charge on any atom is -0.466 e. The maximum atomic E-state index is 14.1. The summed E-state index contributed by atoms with van der Waals surface area (Å²) in [5, 5.41) is 0. The van der Waals surface area contributed by atoms with E-state index in [4.69, 9.17) is 4.74 Å². The molecule has 8 heteroatoms. The third kappa shape index (κ3) is 3.69. The van der Waals surface area contributed by atoms with Gasteiger partial charge in [-0.05, 0) is 44.9 Å². The lowest BCUT2D eigenvalue weighted by Gasteiger charge is -2.36. The van der Waals surface area contributed by atoms with Crippen LogP contribution in [0.25, 0.3) is 0 Å². The van der Waals surface area contributed by atoms with Gasteiger partial charge in [-0.3, -0.25) is 29.1 Å². The van der Waals surface area contributed by atoms with Crippen molar-refractivity contribution in [3.8, 4) is 0 Å². The molecule has 2 amide bonds. The van der Waals surface area contributed by atoms with Crippen LogP contribution < -0.4 is 9.80 Å². The Balaban J connectivity index is 1.43. The maximum Gasteiger partial charge on any atom is 0.309 e. The summed E-state index contributed by atoms with van der Waals surface area (Å²) in [7, 11) is 0. The van der Waals surface area contributed by atoms with Gasteiger partial charge in [0.15, 0.2) is 0 Å². The molecule has 7 nitrogen and oxygen atoms in total. The number of benzene rings is 2. The maximum absolute atomic E-state index is 14.1. The van der Waals surface area contributed by atoms with Gasteiger partial charge in [0.05, 0.1) is 30.6 Å². The number of ether oxygens (including phenoxy) is 1. The summed E-state index contributed by atoms with van der Waals surface area (Å²) < 4.78 is 5.19. The van der Waals surface area contributed by atoms with Crippen LogP contribution in [0, 0.1) is 12.8 Å². The Morgan fingerprint density at radius 2 is 1.79 bits per heavy atom. The van der Waals surface area contributed by atoms with E-state index in [0.29, 0.717) is 13.3 Å². The largest absolute Gasteiger partial charge is 0.466 e. The Hall–Kier alpha value is -2.84. The van der Waals surface area contributed by atoms with E-state index in [9.17, 15) is 14.4 Å². The summed E-state index contributed by atoms with van der Waals surface area (Å²) in [4.78, 5) is 44.0. The number of anilines is 2. The van der Waals surface area contributed by atoms with E-state index in [0.717, 1.165) is 48.4 Å². The lowest BCUT2D eigenvalue weighted by atomic mass is 9.97. The SMILES string of the molecule is CCOC(=O)C1CCN(CN2C(=O)C3(SCC(=O)N3c3ccc(C)cc3)c3ccccc32)CC1. The van der Waals surface area contributed by atoms with Crippen LogP contribution in [0.2, 0.25) is 0 Å². The molecule has 3 aliphatic rings. The Labute approximate surface area is 204 Å². The highest BCUT2D eigenvalue weighted by Crippen LogP contribution is 2.55. The number of para-hydroxylation sites is 1. The first-order valence-corrected chi connectivity index (χ1v) is 12.8. The van der Waals surface area contributed by atoms with E-state index < -0.39 is 4.87 Å². The molecule has 0 N–H and O–H groups in total. The molecular formula is C26H29N3O4S. The molecule has 0 aromatic heterocycles. The van der Waals surface area contributed by atoms with Gasteiger partial charge in [-0.15, -0.1) is 11.8 Å². The Morgan fingerprint density at radius 3 is 2.50 bits per heavy atom. The van der Waals surface area contributed by atoms with Crippen molar-refractivity contribution >= 4 is 40.9 Å². The van der Waals surface area contributed by atoms with Crippen molar-refractivity contribution < 1.29 is 19.1 Å². The highest BCUT2D eigenvalue weighted by molar-refractivity contribution is 8.02. The molecule has 0 radical (unpaired) electrons. The zero-order chi connectivity index (χ0) is 23.9. The molecule has 1 unspecified atom stereocenters. The summed E-state index contributed by atoms with van der Waals surface area (Å²) in [5.74, 6) is -0.0959. The van der Waals surface area contributed by atoms with Crippen LogP contribution in [-0.2, 0) is 24.0 Å². The monoisotopic (exact) mass is 479 g/mol.